The van der Waals surface area contributed by atoms with E-state index in [2.05, 4.69) is 46.5 Å². The topological polar surface area (TPSA) is 103 Å². The third-order valence-electron chi connectivity index (χ3n) is 6.34. The highest BCUT2D eigenvalue weighted by atomic mass is 32.1. The second-order valence-electron chi connectivity index (χ2n) is 8.91. The van der Waals surface area contributed by atoms with E-state index in [4.69, 9.17) is 15.5 Å². The Morgan fingerprint density at radius 1 is 0.949 bits per heavy atom. The number of nitrogens with one attached hydrogen (secondary N) is 1. The van der Waals surface area contributed by atoms with Gasteiger partial charge >= 0.3 is 0 Å². The van der Waals surface area contributed by atoms with Gasteiger partial charge in [-0.3, -0.25) is 15.1 Å². The van der Waals surface area contributed by atoms with Gasteiger partial charge < -0.3 is 10.5 Å². The van der Waals surface area contributed by atoms with Crippen LogP contribution in [0.3, 0.4) is 0 Å². The monoisotopic (exact) mass is 549 g/mol. The molecular weight excluding hydrogens is 526 g/mol. The minimum absolute atomic E-state index is 0.316. The molecule has 0 saturated carbocycles. The van der Waals surface area contributed by atoms with Crippen LogP contribution in [0.2, 0.25) is 0 Å². The number of nitrogen functional groups attached to an aromatic ring is 1. The number of carbonyl (C=O) groups is 1. The van der Waals surface area contributed by atoms with Crippen LogP contribution in [0.5, 0.6) is 5.75 Å². The average Bonchev–Trinajstić information content (AvgIpc) is 3.58. The van der Waals surface area contributed by atoms with Crippen molar-refractivity contribution in [2.45, 2.75) is 6.92 Å². The van der Waals surface area contributed by atoms with Gasteiger partial charge in [0.05, 0.1) is 24.2 Å². The van der Waals surface area contributed by atoms with Crippen LogP contribution in [0.25, 0.3) is 43.9 Å². The number of amides is 1. The molecule has 0 fully saturated rings. The molecule has 0 atom stereocenters. The lowest BCUT2D eigenvalue weighted by molar-refractivity contribution is 0.103. The number of nitrogens with zero attached hydrogens (tertiary/aromatic N) is 3. The molecule has 0 unspecified atom stereocenters. The number of thiazole rings is 1. The molecule has 7 nitrogen and oxygen atoms in total. The van der Waals surface area contributed by atoms with Crippen molar-refractivity contribution in [3.63, 3.8) is 0 Å². The zero-order valence-corrected chi connectivity index (χ0v) is 22.8. The first kappa shape index (κ1) is 24.7. The number of pyridine rings is 2. The Balaban J connectivity index is 1.41. The van der Waals surface area contributed by atoms with Crippen LogP contribution in [0, 0.1) is 6.92 Å². The van der Waals surface area contributed by atoms with Crippen LogP contribution in [-0.2, 0) is 0 Å². The van der Waals surface area contributed by atoms with E-state index in [1.807, 2.05) is 47.8 Å². The van der Waals surface area contributed by atoms with Crippen molar-refractivity contribution in [1.29, 1.82) is 0 Å². The second-order valence-corrected chi connectivity index (χ2v) is 10.8. The fourth-order valence-corrected chi connectivity index (χ4v) is 6.02. The highest BCUT2D eigenvalue weighted by Gasteiger charge is 2.22. The predicted octanol–water partition coefficient (Wildman–Crippen LogP) is 7.30. The molecule has 4 aromatic heterocycles. The van der Waals surface area contributed by atoms with Crippen LogP contribution in [0.15, 0.2) is 84.5 Å². The summed E-state index contributed by atoms with van der Waals surface area (Å²) in [6.07, 6.45) is 3.45. The van der Waals surface area contributed by atoms with Gasteiger partial charge in [-0.15, -0.1) is 22.7 Å². The zero-order chi connectivity index (χ0) is 26.9. The molecule has 192 valence electrons. The number of hydrogen-bond acceptors (Lipinski definition) is 8. The van der Waals surface area contributed by atoms with Crippen LogP contribution < -0.4 is 15.8 Å². The first-order valence-corrected chi connectivity index (χ1v) is 13.8. The highest BCUT2D eigenvalue weighted by Crippen LogP contribution is 2.42. The Morgan fingerprint density at radius 2 is 1.72 bits per heavy atom. The van der Waals surface area contributed by atoms with Gasteiger partial charge in [0.15, 0.2) is 5.13 Å². The number of carbonyl (C=O) groups excluding carboxylic acids is 1. The summed E-state index contributed by atoms with van der Waals surface area (Å²) in [5.41, 5.74) is 13.5. The number of fused-ring (bicyclic) bond motifs is 1. The minimum atomic E-state index is -0.316. The van der Waals surface area contributed by atoms with Crippen molar-refractivity contribution >= 4 is 49.6 Å². The molecule has 2 aromatic carbocycles. The summed E-state index contributed by atoms with van der Waals surface area (Å²) in [7, 11) is 1.64. The van der Waals surface area contributed by atoms with Crippen molar-refractivity contribution in [3.05, 3.63) is 94.9 Å². The van der Waals surface area contributed by atoms with E-state index >= 15 is 0 Å². The van der Waals surface area contributed by atoms with Crippen molar-refractivity contribution in [2.24, 2.45) is 0 Å². The maximum absolute atomic E-state index is 13.4. The maximum atomic E-state index is 13.4. The third kappa shape index (κ3) is 4.85. The number of aryl methyl sites for hydroxylation is 1. The van der Waals surface area contributed by atoms with Crippen LogP contribution >= 0.6 is 22.7 Å². The molecular formula is C30H23N5O2S2. The molecule has 39 heavy (non-hydrogen) atoms. The average molecular weight is 550 g/mol. The Labute approximate surface area is 233 Å². The van der Waals surface area contributed by atoms with E-state index in [0.29, 0.717) is 20.5 Å². The highest BCUT2D eigenvalue weighted by molar-refractivity contribution is 7.21. The summed E-state index contributed by atoms with van der Waals surface area (Å²) >= 11 is 2.63. The van der Waals surface area contributed by atoms with Gasteiger partial charge in [0.2, 0.25) is 0 Å². The van der Waals surface area contributed by atoms with Gasteiger partial charge in [0, 0.05) is 34.3 Å². The number of hydrogen-bond donors (Lipinski definition) is 2. The standard InChI is InChI=1S/C30H23N5O2S2/c1-17-5-7-18(8-6-17)22-14-23(19-9-11-21(37-2)12-10-19)33-29-25(22)26(31)27(39-29)28(36)35-30-34-24(16-38-30)20-4-3-13-32-15-20/h3-16H,31H2,1-2H3,(H,34,35,36). The molecule has 0 radical (unpaired) electrons. The van der Waals surface area contributed by atoms with Crippen LogP contribution in [0.4, 0.5) is 10.8 Å². The summed E-state index contributed by atoms with van der Waals surface area (Å²) in [5.74, 6) is 0.454. The number of thiophene rings is 1. The van der Waals surface area contributed by atoms with Gasteiger partial charge in [0.1, 0.15) is 15.5 Å². The number of rotatable bonds is 6. The smallest absolute Gasteiger partial charge is 0.269 e. The number of nitrogens with two attached hydrogens (primary N) is 1. The lowest BCUT2D eigenvalue weighted by atomic mass is 9.98. The largest absolute Gasteiger partial charge is 0.497 e. The van der Waals surface area contributed by atoms with Crippen molar-refractivity contribution in [1.82, 2.24) is 15.0 Å². The van der Waals surface area contributed by atoms with E-state index in [1.54, 1.807) is 19.5 Å². The van der Waals surface area contributed by atoms with Gasteiger partial charge in [0.25, 0.3) is 5.91 Å². The predicted molar refractivity (Wildman–Crippen MR) is 159 cm³/mol. The lowest BCUT2D eigenvalue weighted by Gasteiger charge is -2.10. The molecule has 9 heteroatoms. The SMILES string of the molecule is COc1ccc(-c2cc(-c3ccc(C)cc3)c3c(N)c(C(=O)Nc4nc(-c5cccnc5)cs4)sc3n2)cc1. The zero-order valence-electron chi connectivity index (χ0n) is 21.1. The molecule has 1 amide bonds. The van der Waals surface area contributed by atoms with Gasteiger partial charge in [-0.2, -0.15) is 0 Å². The van der Waals surface area contributed by atoms with Gasteiger partial charge in [-0.25, -0.2) is 9.97 Å². The number of anilines is 2. The van der Waals surface area contributed by atoms with E-state index in [9.17, 15) is 4.79 Å². The lowest BCUT2D eigenvalue weighted by Crippen LogP contribution is -2.11. The Hall–Kier alpha value is -4.60. The molecule has 6 rings (SSSR count). The Kier molecular flexibility index (Phi) is 6.52. The fraction of sp³-hybridized carbons (Fsp3) is 0.0667. The molecule has 0 bridgehead atoms. The summed E-state index contributed by atoms with van der Waals surface area (Å²) in [5, 5.41) is 6.05. The van der Waals surface area contributed by atoms with Gasteiger partial charge in [-0.1, -0.05) is 29.8 Å². The maximum Gasteiger partial charge on any atom is 0.269 e. The second kappa shape index (κ2) is 10.3. The molecule has 0 saturated heterocycles. The Morgan fingerprint density at radius 3 is 2.44 bits per heavy atom. The fourth-order valence-electron chi connectivity index (χ4n) is 4.29. The number of benzene rings is 2. The summed E-state index contributed by atoms with van der Waals surface area (Å²) in [4.78, 5) is 28.1. The van der Waals surface area contributed by atoms with Crippen molar-refractivity contribution < 1.29 is 9.53 Å². The first-order chi connectivity index (χ1) is 19.0. The first-order valence-electron chi connectivity index (χ1n) is 12.1. The minimum Gasteiger partial charge on any atom is -0.497 e. The molecule has 3 N–H and O–H groups in total. The molecule has 0 aliphatic heterocycles. The number of ether oxygens (including phenoxy) is 1. The molecule has 0 aliphatic carbocycles. The normalized spacial score (nSPS) is 11.0. The third-order valence-corrected chi connectivity index (χ3v) is 8.19. The summed E-state index contributed by atoms with van der Waals surface area (Å²) in [6.45, 7) is 2.05. The van der Waals surface area contributed by atoms with Crippen LogP contribution in [-0.4, -0.2) is 28.0 Å². The number of aromatic nitrogens is 3. The summed E-state index contributed by atoms with van der Waals surface area (Å²) < 4.78 is 5.31. The van der Waals surface area contributed by atoms with E-state index in [1.165, 1.54) is 22.7 Å². The van der Waals surface area contributed by atoms with Crippen molar-refractivity contribution in [3.8, 4) is 39.4 Å². The van der Waals surface area contributed by atoms with E-state index in [-0.39, 0.29) is 5.91 Å². The molecule has 0 aliphatic rings. The van der Waals surface area contributed by atoms with Gasteiger partial charge in [-0.05, 0) is 60.5 Å². The van der Waals surface area contributed by atoms with E-state index < -0.39 is 0 Å². The summed E-state index contributed by atoms with van der Waals surface area (Å²) in [6, 6.07) is 21.8. The molecule has 0 spiro atoms. The number of methoxy groups -OCH3 is 1. The Bertz CT molecular complexity index is 1790. The molecule has 6 aromatic rings. The molecule has 4 heterocycles. The van der Waals surface area contributed by atoms with E-state index in [0.717, 1.165) is 50.3 Å². The van der Waals surface area contributed by atoms with Crippen LogP contribution in [0.1, 0.15) is 15.2 Å². The quantitative estimate of drug-likeness (QED) is 0.226. The van der Waals surface area contributed by atoms with Crippen molar-refractivity contribution in [2.75, 3.05) is 18.2 Å².